The topological polar surface area (TPSA) is 34.1 Å². The van der Waals surface area contributed by atoms with E-state index in [4.69, 9.17) is 23.2 Å². The molecule has 0 radical (unpaired) electrons. The summed E-state index contributed by atoms with van der Waals surface area (Å²) < 4.78 is 13.2. The van der Waals surface area contributed by atoms with Crippen molar-refractivity contribution in [3.8, 4) is 0 Å². The Morgan fingerprint density at radius 2 is 1.35 bits per heavy atom. The SMILES string of the molecule is O=C1c2ccccc2C(=O)C1c1c(Cl)cc(F)cc1Cl. The Morgan fingerprint density at radius 1 is 0.900 bits per heavy atom. The maximum atomic E-state index is 13.2. The maximum absolute atomic E-state index is 13.2. The zero-order chi connectivity index (χ0) is 14.4. The second kappa shape index (κ2) is 4.69. The van der Waals surface area contributed by atoms with Gasteiger partial charge in [0.1, 0.15) is 11.7 Å². The fourth-order valence-electron chi connectivity index (χ4n) is 2.43. The van der Waals surface area contributed by atoms with Crippen molar-refractivity contribution in [3.63, 3.8) is 0 Å². The Morgan fingerprint density at radius 3 is 1.80 bits per heavy atom. The molecule has 0 N–H and O–H groups in total. The lowest BCUT2D eigenvalue weighted by atomic mass is 9.94. The first-order valence-electron chi connectivity index (χ1n) is 5.82. The molecule has 2 aromatic rings. The van der Waals surface area contributed by atoms with Crippen LogP contribution >= 0.6 is 23.2 Å². The van der Waals surface area contributed by atoms with E-state index in [9.17, 15) is 14.0 Å². The van der Waals surface area contributed by atoms with Crippen LogP contribution in [0.25, 0.3) is 0 Å². The molecule has 5 heteroatoms. The van der Waals surface area contributed by atoms with Crippen molar-refractivity contribution in [3.05, 3.63) is 69.0 Å². The summed E-state index contributed by atoms with van der Waals surface area (Å²) in [5.74, 6) is -2.42. The molecule has 2 aromatic carbocycles. The van der Waals surface area contributed by atoms with Crippen LogP contribution in [0, 0.1) is 5.82 Å². The quantitative estimate of drug-likeness (QED) is 0.736. The molecule has 0 aromatic heterocycles. The largest absolute Gasteiger partial charge is 0.293 e. The zero-order valence-electron chi connectivity index (χ0n) is 9.99. The maximum Gasteiger partial charge on any atom is 0.178 e. The van der Waals surface area contributed by atoms with E-state index >= 15 is 0 Å². The number of benzene rings is 2. The summed E-state index contributed by atoms with van der Waals surface area (Å²) >= 11 is 11.9. The van der Waals surface area contributed by atoms with E-state index < -0.39 is 11.7 Å². The van der Waals surface area contributed by atoms with Crippen LogP contribution in [-0.4, -0.2) is 11.6 Å². The molecule has 0 heterocycles. The van der Waals surface area contributed by atoms with Gasteiger partial charge in [-0.05, 0) is 12.1 Å². The molecule has 3 rings (SSSR count). The average Bonchev–Trinajstić information content (AvgIpc) is 2.64. The van der Waals surface area contributed by atoms with Gasteiger partial charge in [0, 0.05) is 26.7 Å². The number of halogens is 3. The molecule has 20 heavy (non-hydrogen) atoms. The van der Waals surface area contributed by atoms with E-state index in [0.717, 1.165) is 12.1 Å². The summed E-state index contributed by atoms with van der Waals surface area (Å²) in [6.07, 6.45) is 0. The average molecular weight is 309 g/mol. The molecular formula is C15H7Cl2FO2. The molecule has 1 aliphatic carbocycles. The van der Waals surface area contributed by atoms with E-state index in [-0.39, 0.29) is 27.2 Å². The van der Waals surface area contributed by atoms with Crippen LogP contribution in [0.15, 0.2) is 36.4 Å². The predicted molar refractivity (Wildman–Crippen MR) is 74.3 cm³/mol. The highest BCUT2D eigenvalue weighted by Crippen LogP contribution is 2.40. The van der Waals surface area contributed by atoms with Gasteiger partial charge in [-0.15, -0.1) is 0 Å². The Kier molecular flexibility index (Phi) is 3.11. The number of Topliss-reactive ketones (excluding diaryl/α,β-unsaturated/α-hetero) is 2. The van der Waals surface area contributed by atoms with Crippen molar-refractivity contribution in [1.29, 1.82) is 0 Å². The van der Waals surface area contributed by atoms with E-state index in [2.05, 4.69) is 0 Å². The number of fused-ring (bicyclic) bond motifs is 1. The number of carbonyl (C=O) groups excluding carboxylic acids is 2. The van der Waals surface area contributed by atoms with E-state index in [1.165, 1.54) is 0 Å². The Balaban J connectivity index is 2.19. The second-order valence-corrected chi connectivity index (χ2v) is 5.30. The lowest BCUT2D eigenvalue weighted by molar-refractivity contribution is 0.0890. The second-order valence-electron chi connectivity index (χ2n) is 4.49. The van der Waals surface area contributed by atoms with Crippen molar-refractivity contribution in [2.24, 2.45) is 0 Å². The van der Waals surface area contributed by atoms with Gasteiger partial charge < -0.3 is 0 Å². The smallest absolute Gasteiger partial charge is 0.178 e. The summed E-state index contributed by atoms with van der Waals surface area (Å²) in [6.45, 7) is 0. The van der Waals surface area contributed by atoms with Crippen LogP contribution in [0.1, 0.15) is 32.2 Å². The van der Waals surface area contributed by atoms with Crippen LogP contribution in [0.5, 0.6) is 0 Å². The number of carbonyl (C=O) groups is 2. The fourth-order valence-corrected chi connectivity index (χ4v) is 3.11. The molecule has 0 spiro atoms. The Labute approximate surface area is 124 Å². The lowest BCUT2D eigenvalue weighted by Gasteiger charge is -2.12. The molecule has 2 nitrogen and oxygen atoms in total. The molecule has 0 saturated carbocycles. The van der Waals surface area contributed by atoms with Gasteiger partial charge >= 0.3 is 0 Å². The Bertz CT molecular complexity index is 697. The standard InChI is InChI=1S/C15H7Cl2FO2/c16-10-5-7(18)6-11(17)12(10)13-14(19)8-3-1-2-4-9(8)15(13)20/h1-6,13H. The third-order valence-electron chi connectivity index (χ3n) is 3.31. The molecule has 0 saturated heterocycles. The first kappa shape index (κ1) is 13.3. The predicted octanol–water partition coefficient (Wildman–Crippen LogP) is 4.30. The van der Waals surface area contributed by atoms with Gasteiger partial charge in [-0.3, -0.25) is 9.59 Å². The first-order valence-corrected chi connectivity index (χ1v) is 6.58. The Hall–Kier alpha value is -1.71. The zero-order valence-corrected chi connectivity index (χ0v) is 11.5. The number of hydrogen-bond donors (Lipinski definition) is 0. The summed E-state index contributed by atoms with van der Waals surface area (Å²) in [6, 6.07) is 8.63. The minimum Gasteiger partial charge on any atom is -0.293 e. The summed E-state index contributed by atoms with van der Waals surface area (Å²) in [4.78, 5) is 24.7. The monoisotopic (exact) mass is 308 g/mol. The van der Waals surface area contributed by atoms with Gasteiger partial charge in [-0.1, -0.05) is 47.5 Å². The normalized spacial score (nSPS) is 14.8. The number of ketones is 2. The van der Waals surface area contributed by atoms with Crippen molar-refractivity contribution in [2.75, 3.05) is 0 Å². The molecule has 0 fully saturated rings. The van der Waals surface area contributed by atoms with E-state index in [1.807, 2.05) is 0 Å². The molecular weight excluding hydrogens is 302 g/mol. The van der Waals surface area contributed by atoms with Crippen LogP contribution < -0.4 is 0 Å². The van der Waals surface area contributed by atoms with Crippen molar-refractivity contribution < 1.29 is 14.0 Å². The van der Waals surface area contributed by atoms with Crippen molar-refractivity contribution in [1.82, 2.24) is 0 Å². The number of hydrogen-bond acceptors (Lipinski definition) is 2. The van der Waals surface area contributed by atoms with Crippen LogP contribution in [0.2, 0.25) is 10.0 Å². The van der Waals surface area contributed by atoms with Gasteiger partial charge in [-0.2, -0.15) is 0 Å². The highest BCUT2D eigenvalue weighted by Gasteiger charge is 2.41. The summed E-state index contributed by atoms with van der Waals surface area (Å²) in [7, 11) is 0. The molecule has 0 bridgehead atoms. The van der Waals surface area contributed by atoms with Crippen LogP contribution in [0.3, 0.4) is 0 Å². The van der Waals surface area contributed by atoms with Crippen molar-refractivity contribution >= 4 is 34.8 Å². The number of rotatable bonds is 1. The third-order valence-corrected chi connectivity index (χ3v) is 3.94. The molecule has 0 amide bonds. The van der Waals surface area contributed by atoms with E-state index in [0.29, 0.717) is 11.1 Å². The van der Waals surface area contributed by atoms with Gasteiger partial charge in [0.05, 0.1) is 0 Å². The highest BCUT2D eigenvalue weighted by atomic mass is 35.5. The highest BCUT2D eigenvalue weighted by molar-refractivity contribution is 6.39. The minimum atomic E-state index is -1.09. The van der Waals surface area contributed by atoms with Gasteiger partial charge in [0.25, 0.3) is 0 Å². The van der Waals surface area contributed by atoms with Crippen LogP contribution in [0.4, 0.5) is 4.39 Å². The van der Waals surface area contributed by atoms with Crippen LogP contribution in [-0.2, 0) is 0 Å². The summed E-state index contributed by atoms with van der Waals surface area (Å²) in [5, 5.41) is -0.0380. The lowest BCUT2D eigenvalue weighted by Crippen LogP contribution is -2.14. The van der Waals surface area contributed by atoms with Crippen molar-refractivity contribution in [2.45, 2.75) is 5.92 Å². The van der Waals surface area contributed by atoms with Gasteiger partial charge in [0.2, 0.25) is 0 Å². The van der Waals surface area contributed by atoms with Gasteiger partial charge in [-0.25, -0.2) is 4.39 Å². The molecule has 0 atom stereocenters. The van der Waals surface area contributed by atoms with Gasteiger partial charge in [0.15, 0.2) is 11.6 Å². The summed E-state index contributed by atoms with van der Waals surface area (Å²) in [5.41, 5.74) is 0.860. The fraction of sp³-hybridized carbons (Fsp3) is 0.0667. The first-order chi connectivity index (χ1) is 9.50. The molecule has 100 valence electrons. The molecule has 0 unspecified atom stereocenters. The molecule has 0 aliphatic heterocycles. The molecule has 1 aliphatic rings. The van der Waals surface area contributed by atoms with E-state index in [1.54, 1.807) is 24.3 Å². The minimum absolute atomic E-state index is 0.0190. The third kappa shape index (κ3) is 1.86.